The number of thiophene rings is 1. The Morgan fingerprint density at radius 2 is 0.981 bits per heavy atom. The standard InChI is InChI=1S/C50H35NS/c1-3-45(50-34(2)46-14-9-10-16-49(46)52-50)40-25-29-43(30-26-40)51(44-31-32-48-41(33-44)22-21-39-13-7-8-15-47(39)48)42-27-23-38(24-28-42)37-19-17-36(18-20-37)35-11-5-4-6-12-35/h3-33H,1-2H2/b50-45-. The van der Waals surface area contributed by atoms with Gasteiger partial charge in [-0.15, -0.1) is 11.3 Å². The molecule has 0 amide bonds. The van der Waals surface area contributed by atoms with Gasteiger partial charge in [0.2, 0.25) is 0 Å². The largest absolute Gasteiger partial charge is 0.310 e. The lowest BCUT2D eigenvalue weighted by molar-refractivity contribution is 1.29. The molecule has 9 aromatic rings. The zero-order chi connectivity index (χ0) is 35.0. The molecule has 0 fully saturated rings. The highest BCUT2D eigenvalue weighted by atomic mass is 32.1. The van der Waals surface area contributed by atoms with Crippen LogP contribution in [0.5, 0.6) is 0 Å². The third-order valence-corrected chi connectivity index (χ3v) is 11.3. The fourth-order valence-corrected chi connectivity index (χ4v) is 8.54. The Hall–Kier alpha value is -6.48. The molecule has 0 atom stereocenters. The number of fused-ring (bicyclic) bond motifs is 4. The van der Waals surface area contributed by atoms with E-state index in [9.17, 15) is 0 Å². The predicted molar refractivity (Wildman–Crippen MR) is 226 cm³/mol. The van der Waals surface area contributed by atoms with Crippen LogP contribution in [0.1, 0.15) is 5.56 Å². The maximum Gasteiger partial charge on any atom is 0.0468 e. The van der Waals surface area contributed by atoms with E-state index < -0.39 is 0 Å². The number of nitrogens with zero attached hydrogens (tertiary/aromatic N) is 1. The predicted octanol–water partition coefficient (Wildman–Crippen LogP) is 12.8. The second-order valence-electron chi connectivity index (χ2n) is 13.1. The summed E-state index contributed by atoms with van der Waals surface area (Å²) in [5.74, 6) is 0. The van der Waals surface area contributed by atoms with E-state index in [2.05, 4.69) is 200 Å². The van der Waals surface area contributed by atoms with E-state index in [1.807, 2.05) is 6.08 Å². The van der Waals surface area contributed by atoms with Crippen LogP contribution in [0.15, 0.2) is 195 Å². The zero-order valence-electron chi connectivity index (χ0n) is 28.7. The SMILES string of the molecule is C=C/C(c1ccc(N(c2ccc(-c3ccc(-c4ccccc4)cc3)cc2)c2ccc3c(ccc4ccccc43)c2)cc1)=c1/sc2ccccc2c1=C. The zero-order valence-corrected chi connectivity index (χ0v) is 29.5. The van der Waals surface area contributed by atoms with E-state index >= 15 is 0 Å². The molecule has 0 radical (unpaired) electrons. The van der Waals surface area contributed by atoms with Gasteiger partial charge in [-0.05, 0) is 108 Å². The highest BCUT2D eigenvalue weighted by Crippen LogP contribution is 2.39. The fourth-order valence-electron chi connectivity index (χ4n) is 7.32. The van der Waals surface area contributed by atoms with Gasteiger partial charge in [-0.25, -0.2) is 0 Å². The number of benzene rings is 8. The monoisotopic (exact) mass is 681 g/mol. The number of allylic oxidation sites excluding steroid dienone is 1. The first-order valence-corrected chi connectivity index (χ1v) is 18.4. The number of hydrogen-bond donors (Lipinski definition) is 0. The van der Waals surface area contributed by atoms with Crippen LogP contribution < -0.4 is 14.7 Å². The molecule has 8 aromatic carbocycles. The molecular weight excluding hydrogens is 647 g/mol. The first-order chi connectivity index (χ1) is 25.6. The van der Waals surface area contributed by atoms with Crippen LogP contribution in [0.3, 0.4) is 0 Å². The molecule has 0 saturated heterocycles. The number of rotatable bonds is 7. The summed E-state index contributed by atoms with van der Waals surface area (Å²) in [6, 6.07) is 65.5. The second-order valence-corrected chi connectivity index (χ2v) is 14.1. The van der Waals surface area contributed by atoms with Crippen molar-refractivity contribution in [2.75, 3.05) is 4.90 Å². The van der Waals surface area contributed by atoms with Crippen molar-refractivity contribution in [2.24, 2.45) is 0 Å². The molecule has 0 aliphatic heterocycles. The molecule has 52 heavy (non-hydrogen) atoms. The summed E-state index contributed by atoms with van der Waals surface area (Å²) in [7, 11) is 0. The minimum absolute atomic E-state index is 1.06. The molecule has 0 aliphatic carbocycles. The average molecular weight is 682 g/mol. The summed E-state index contributed by atoms with van der Waals surface area (Å²) in [5.41, 5.74) is 10.3. The van der Waals surface area contributed by atoms with E-state index in [4.69, 9.17) is 0 Å². The molecular formula is C50H35NS. The third-order valence-electron chi connectivity index (χ3n) is 10.0. The van der Waals surface area contributed by atoms with Crippen LogP contribution in [-0.2, 0) is 0 Å². The summed E-state index contributed by atoms with van der Waals surface area (Å²) in [6.07, 6.45) is 1.96. The van der Waals surface area contributed by atoms with E-state index in [-0.39, 0.29) is 0 Å². The molecule has 1 heterocycles. The van der Waals surface area contributed by atoms with Gasteiger partial charge in [-0.3, -0.25) is 0 Å². The van der Waals surface area contributed by atoms with Crippen molar-refractivity contribution in [3.05, 3.63) is 210 Å². The van der Waals surface area contributed by atoms with Crippen LogP contribution in [0.4, 0.5) is 17.1 Å². The van der Waals surface area contributed by atoms with Crippen molar-refractivity contribution in [3.63, 3.8) is 0 Å². The average Bonchev–Trinajstić information content (AvgIpc) is 3.54. The molecule has 2 heteroatoms. The van der Waals surface area contributed by atoms with Crippen molar-refractivity contribution in [2.45, 2.75) is 0 Å². The molecule has 0 bridgehead atoms. The molecule has 1 aromatic heterocycles. The van der Waals surface area contributed by atoms with Crippen LogP contribution in [0.25, 0.3) is 66.0 Å². The van der Waals surface area contributed by atoms with Gasteiger partial charge in [0, 0.05) is 26.3 Å². The first-order valence-electron chi connectivity index (χ1n) is 17.6. The van der Waals surface area contributed by atoms with Crippen molar-refractivity contribution < 1.29 is 0 Å². The molecule has 246 valence electrons. The smallest absolute Gasteiger partial charge is 0.0468 e. The van der Waals surface area contributed by atoms with Gasteiger partial charge in [0.05, 0.1) is 0 Å². The van der Waals surface area contributed by atoms with Crippen molar-refractivity contribution in [3.8, 4) is 22.3 Å². The van der Waals surface area contributed by atoms with Gasteiger partial charge in [0.15, 0.2) is 0 Å². The minimum atomic E-state index is 1.06. The Morgan fingerprint density at radius 3 is 1.65 bits per heavy atom. The topological polar surface area (TPSA) is 3.24 Å². The van der Waals surface area contributed by atoms with Crippen molar-refractivity contribution >= 4 is 72.2 Å². The van der Waals surface area contributed by atoms with Gasteiger partial charge in [0.25, 0.3) is 0 Å². The third kappa shape index (κ3) is 5.70. The van der Waals surface area contributed by atoms with Crippen molar-refractivity contribution in [1.82, 2.24) is 0 Å². The van der Waals surface area contributed by atoms with Gasteiger partial charge < -0.3 is 4.90 Å². The summed E-state index contributed by atoms with van der Waals surface area (Å²) < 4.78 is 2.40. The second kappa shape index (κ2) is 13.3. The summed E-state index contributed by atoms with van der Waals surface area (Å²) in [6.45, 7) is 8.67. The molecule has 0 N–H and O–H groups in total. The Morgan fingerprint density at radius 1 is 0.462 bits per heavy atom. The van der Waals surface area contributed by atoms with E-state index in [1.54, 1.807) is 11.3 Å². The van der Waals surface area contributed by atoms with E-state index in [1.165, 1.54) is 53.9 Å². The lowest BCUT2D eigenvalue weighted by Crippen LogP contribution is -2.19. The Balaban J connectivity index is 1.13. The van der Waals surface area contributed by atoms with Crippen LogP contribution in [-0.4, -0.2) is 0 Å². The fraction of sp³-hybridized carbons (Fsp3) is 0. The van der Waals surface area contributed by atoms with Crippen LogP contribution in [0, 0.1) is 0 Å². The Labute approximate surface area is 308 Å². The maximum atomic E-state index is 4.45. The summed E-state index contributed by atoms with van der Waals surface area (Å²) >= 11 is 1.78. The number of hydrogen-bond acceptors (Lipinski definition) is 2. The van der Waals surface area contributed by atoms with Crippen LogP contribution >= 0.6 is 11.3 Å². The Kier molecular flexibility index (Phi) is 8.08. The highest BCUT2D eigenvalue weighted by molar-refractivity contribution is 7.17. The van der Waals surface area contributed by atoms with Gasteiger partial charge in [0.1, 0.15) is 0 Å². The Bertz CT molecular complexity index is 2850. The molecule has 0 spiro atoms. The first kappa shape index (κ1) is 31.5. The summed E-state index contributed by atoms with van der Waals surface area (Å²) in [4.78, 5) is 2.35. The van der Waals surface area contributed by atoms with Crippen LogP contribution in [0.2, 0.25) is 0 Å². The lowest BCUT2D eigenvalue weighted by Gasteiger charge is -2.26. The van der Waals surface area contributed by atoms with Gasteiger partial charge >= 0.3 is 0 Å². The van der Waals surface area contributed by atoms with Gasteiger partial charge in [-0.2, -0.15) is 0 Å². The molecule has 0 aliphatic rings. The van der Waals surface area contributed by atoms with E-state index in [0.717, 1.165) is 37.9 Å². The lowest BCUT2D eigenvalue weighted by atomic mass is 9.99. The molecule has 9 rings (SSSR count). The molecule has 1 nitrogen and oxygen atoms in total. The maximum absolute atomic E-state index is 4.45. The van der Waals surface area contributed by atoms with Crippen molar-refractivity contribution in [1.29, 1.82) is 0 Å². The normalized spacial score (nSPS) is 11.9. The molecule has 0 saturated carbocycles. The van der Waals surface area contributed by atoms with Gasteiger partial charge in [-0.1, -0.05) is 159 Å². The number of anilines is 3. The highest BCUT2D eigenvalue weighted by Gasteiger charge is 2.15. The quantitative estimate of drug-likeness (QED) is 0.151. The minimum Gasteiger partial charge on any atom is -0.310 e. The summed E-state index contributed by atoms with van der Waals surface area (Å²) in [5, 5.41) is 7.24. The molecule has 0 unspecified atom stereocenters. The van der Waals surface area contributed by atoms with E-state index in [0.29, 0.717) is 0 Å².